The van der Waals surface area contributed by atoms with Crippen molar-refractivity contribution in [2.24, 2.45) is 0 Å². The number of nitrogens with zero attached hydrogens (tertiary/aromatic N) is 2. The van der Waals surface area contributed by atoms with Crippen LogP contribution in [0.15, 0.2) is 42.6 Å². The molecular formula is C16H17ClN2. The third-order valence-corrected chi connectivity index (χ3v) is 4.00. The minimum Gasteiger partial charge on any atom is -0.371 e. The highest BCUT2D eigenvalue weighted by Gasteiger charge is 2.14. The first-order valence-corrected chi connectivity index (χ1v) is 7.23. The van der Waals surface area contributed by atoms with Gasteiger partial charge in [0.1, 0.15) is 0 Å². The summed E-state index contributed by atoms with van der Waals surface area (Å²) in [6.07, 6.45) is 4.06. The summed E-state index contributed by atoms with van der Waals surface area (Å²) in [5, 5.41) is 0. The molecule has 19 heavy (non-hydrogen) atoms. The Bertz CT molecular complexity index is 541. The molecule has 0 atom stereocenters. The summed E-state index contributed by atoms with van der Waals surface area (Å²) in [6, 6.07) is 12.9. The largest absolute Gasteiger partial charge is 0.371 e. The van der Waals surface area contributed by atoms with Crippen LogP contribution in [-0.2, 0) is 18.7 Å². The molecule has 0 N–H and O–H groups in total. The molecule has 0 spiro atoms. The van der Waals surface area contributed by atoms with Crippen LogP contribution >= 0.6 is 11.6 Å². The van der Waals surface area contributed by atoms with Gasteiger partial charge in [0.05, 0.1) is 11.6 Å². The Morgan fingerprint density at radius 2 is 1.74 bits per heavy atom. The van der Waals surface area contributed by atoms with Gasteiger partial charge in [-0.2, -0.15) is 0 Å². The Balaban J connectivity index is 1.81. The molecule has 2 heterocycles. The first-order valence-electron chi connectivity index (χ1n) is 6.69. The standard InChI is InChI=1S/C16H17ClN2/c17-12-15-11-16(5-8-18-15)19-9-6-13-3-1-2-4-14(13)7-10-19/h1-5,8,11H,6-7,9-10,12H2. The average molecular weight is 273 g/mol. The lowest BCUT2D eigenvalue weighted by Crippen LogP contribution is -2.26. The van der Waals surface area contributed by atoms with Gasteiger partial charge in [0.25, 0.3) is 0 Å². The molecule has 1 aliphatic rings. The van der Waals surface area contributed by atoms with E-state index in [-0.39, 0.29) is 0 Å². The second kappa shape index (κ2) is 5.62. The maximum atomic E-state index is 5.86. The van der Waals surface area contributed by atoms with E-state index in [0.717, 1.165) is 31.6 Å². The number of halogens is 1. The number of anilines is 1. The minimum atomic E-state index is 0.474. The fourth-order valence-electron chi connectivity index (χ4n) is 2.66. The molecule has 1 aromatic heterocycles. The molecule has 0 saturated carbocycles. The number of rotatable bonds is 2. The fourth-order valence-corrected chi connectivity index (χ4v) is 2.81. The van der Waals surface area contributed by atoms with Crippen molar-refractivity contribution in [3.63, 3.8) is 0 Å². The molecule has 1 aliphatic heterocycles. The zero-order valence-electron chi connectivity index (χ0n) is 10.8. The molecule has 0 fully saturated rings. The van der Waals surface area contributed by atoms with Gasteiger partial charge in [0, 0.05) is 25.0 Å². The van der Waals surface area contributed by atoms with Crippen molar-refractivity contribution in [2.75, 3.05) is 18.0 Å². The van der Waals surface area contributed by atoms with Gasteiger partial charge < -0.3 is 4.90 Å². The third kappa shape index (κ3) is 2.74. The van der Waals surface area contributed by atoms with Crippen molar-refractivity contribution in [1.82, 2.24) is 4.98 Å². The number of fused-ring (bicyclic) bond motifs is 1. The molecular weight excluding hydrogens is 256 g/mol. The summed E-state index contributed by atoms with van der Waals surface area (Å²) >= 11 is 5.86. The predicted molar refractivity (Wildman–Crippen MR) is 79.9 cm³/mol. The van der Waals surface area contributed by atoms with Crippen LogP contribution in [0, 0.1) is 0 Å². The summed E-state index contributed by atoms with van der Waals surface area (Å²) in [5.41, 5.74) is 5.15. The van der Waals surface area contributed by atoms with Gasteiger partial charge >= 0.3 is 0 Å². The molecule has 2 aromatic rings. The average Bonchev–Trinajstić information content (AvgIpc) is 2.70. The number of alkyl halides is 1. The normalized spacial score (nSPS) is 14.9. The van der Waals surface area contributed by atoms with E-state index in [9.17, 15) is 0 Å². The van der Waals surface area contributed by atoms with Crippen molar-refractivity contribution in [1.29, 1.82) is 0 Å². The Hall–Kier alpha value is -1.54. The van der Waals surface area contributed by atoms with Gasteiger partial charge in [-0.1, -0.05) is 24.3 Å². The van der Waals surface area contributed by atoms with Gasteiger partial charge in [-0.25, -0.2) is 0 Å². The highest BCUT2D eigenvalue weighted by Crippen LogP contribution is 2.21. The summed E-state index contributed by atoms with van der Waals surface area (Å²) in [5.74, 6) is 0.474. The van der Waals surface area contributed by atoms with Crippen molar-refractivity contribution in [3.8, 4) is 0 Å². The Labute approximate surface area is 119 Å². The van der Waals surface area contributed by atoms with Gasteiger partial charge in [0.15, 0.2) is 0 Å². The Kier molecular flexibility index (Phi) is 3.69. The molecule has 0 aliphatic carbocycles. The number of pyridine rings is 1. The molecule has 3 heteroatoms. The lowest BCUT2D eigenvalue weighted by atomic mass is 10.0. The second-order valence-electron chi connectivity index (χ2n) is 4.89. The molecule has 0 bridgehead atoms. The van der Waals surface area contributed by atoms with Crippen molar-refractivity contribution >= 4 is 17.3 Å². The topological polar surface area (TPSA) is 16.1 Å². The molecule has 2 nitrogen and oxygen atoms in total. The highest BCUT2D eigenvalue weighted by molar-refractivity contribution is 6.16. The van der Waals surface area contributed by atoms with Crippen LogP contribution in [0.3, 0.4) is 0 Å². The predicted octanol–water partition coefficient (Wildman–Crippen LogP) is 3.43. The van der Waals surface area contributed by atoms with E-state index in [1.165, 1.54) is 16.8 Å². The maximum Gasteiger partial charge on any atom is 0.0648 e. The Morgan fingerprint density at radius 3 is 2.37 bits per heavy atom. The zero-order valence-corrected chi connectivity index (χ0v) is 11.6. The molecule has 0 unspecified atom stereocenters. The summed E-state index contributed by atoms with van der Waals surface area (Å²) in [6.45, 7) is 2.12. The van der Waals surface area contributed by atoms with Crippen LogP contribution in [0.5, 0.6) is 0 Å². The van der Waals surface area contributed by atoms with Crippen LogP contribution in [0.4, 0.5) is 5.69 Å². The van der Waals surface area contributed by atoms with Crippen molar-refractivity contribution in [2.45, 2.75) is 18.7 Å². The lowest BCUT2D eigenvalue weighted by molar-refractivity contribution is 0.803. The highest BCUT2D eigenvalue weighted by atomic mass is 35.5. The zero-order chi connectivity index (χ0) is 13.1. The van der Waals surface area contributed by atoms with E-state index in [0.29, 0.717) is 5.88 Å². The monoisotopic (exact) mass is 272 g/mol. The Morgan fingerprint density at radius 1 is 1.05 bits per heavy atom. The van der Waals surface area contributed by atoms with Crippen LogP contribution < -0.4 is 4.90 Å². The number of benzene rings is 1. The maximum absolute atomic E-state index is 5.86. The first-order chi connectivity index (χ1) is 9.36. The molecule has 0 radical (unpaired) electrons. The summed E-state index contributed by atoms with van der Waals surface area (Å²) in [4.78, 5) is 6.69. The molecule has 1 aromatic carbocycles. The smallest absolute Gasteiger partial charge is 0.0648 e. The van der Waals surface area contributed by atoms with Crippen LogP contribution in [0.1, 0.15) is 16.8 Å². The van der Waals surface area contributed by atoms with Crippen molar-refractivity contribution in [3.05, 3.63) is 59.4 Å². The molecule has 0 saturated heterocycles. The minimum absolute atomic E-state index is 0.474. The van der Waals surface area contributed by atoms with E-state index in [2.05, 4.69) is 46.3 Å². The van der Waals surface area contributed by atoms with E-state index < -0.39 is 0 Å². The fraction of sp³-hybridized carbons (Fsp3) is 0.312. The van der Waals surface area contributed by atoms with Gasteiger partial charge in [-0.05, 0) is 36.1 Å². The first kappa shape index (κ1) is 12.5. The SMILES string of the molecule is ClCc1cc(N2CCc3ccccc3CC2)ccn1. The van der Waals surface area contributed by atoms with Crippen molar-refractivity contribution < 1.29 is 0 Å². The number of hydrogen-bond donors (Lipinski definition) is 0. The van der Waals surface area contributed by atoms with Crippen LogP contribution in [0.2, 0.25) is 0 Å². The van der Waals surface area contributed by atoms with E-state index in [1.54, 1.807) is 0 Å². The number of aromatic nitrogens is 1. The van der Waals surface area contributed by atoms with Gasteiger partial charge in [-0.3, -0.25) is 4.98 Å². The quantitative estimate of drug-likeness (QED) is 0.779. The van der Waals surface area contributed by atoms with Gasteiger partial charge in [-0.15, -0.1) is 11.6 Å². The van der Waals surface area contributed by atoms with E-state index in [4.69, 9.17) is 11.6 Å². The number of hydrogen-bond acceptors (Lipinski definition) is 2. The van der Waals surface area contributed by atoms with Gasteiger partial charge in [0.2, 0.25) is 0 Å². The van der Waals surface area contributed by atoms with E-state index >= 15 is 0 Å². The van der Waals surface area contributed by atoms with E-state index in [1.807, 2.05) is 6.20 Å². The van der Waals surface area contributed by atoms with Crippen LogP contribution in [-0.4, -0.2) is 18.1 Å². The summed E-state index contributed by atoms with van der Waals surface area (Å²) in [7, 11) is 0. The lowest BCUT2D eigenvalue weighted by Gasteiger charge is -2.22. The molecule has 98 valence electrons. The molecule has 3 rings (SSSR count). The summed E-state index contributed by atoms with van der Waals surface area (Å²) < 4.78 is 0. The third-order valence-electron chi connectivity index (χ3n) is 3.72. The van der Waals surface area contributed by atoms with Crippen LogP contribution in [0.25, 0.3) is 0 Å². The second-order valence-corrected chi connectivity index (χ2v) is 5.16. The molecule has 0 amide bonds.